The Hall–Kier alpha value is -3.72. The first-order valence-electron chi connectivity index (χ1n) is 13.5. The summed E-state index contributed by atoms with van der Waals surface area (Å²) in [4.78, 5) is 29.3. The second kappa shape index (κ2) is 13.1. The molecular weight excluding hydrogens is 529 g/mol. The number of sulfonamides is 1. The third-order valence-electron chi connectivity index (χ3n) is 7.24. The quantitative estimate of drug-likeness (QED) is 0.368. The average Bonchev–Trinajstić information content (AvgIpc) is 3.44. The number of hydrogen-bond donors (Lipinski definition) is 1. The number of nitrogens with one attached hydrogen (secondary N) is 1. The van der Waals surface area contributed by atoms with Gasteiger partial charge in [0.25, 0.3) is 0 Å². The summed E-state index contributed by atoms with van der Waals surface area (Å²) >= 11 is 0. The Morgan fingerprint density at radius 1 is 0.925 bits per heavy atom. The highest BCUT2D eigenvalue weighted by atomic mass is 32.2. The number of carbonyl (C=O) groups is 2. The minimum atomic E-state index is -3.83. The maximum Gasteiger partial charge on any atom is 0.244 e. The fourth-order valence-electron chi connectivity index (χ4n) is 5.03. The smallest absolute Gasteiger partial charge is 0.244 e. The zero-order valence-electron chi connectivity index (χ0n) is 22.9. The third-order valence-corrected chi connectivity index (χ3v) is 8.38. The van der Waals surface area contributed by atoms with E-state index in [-0.39, 0.29) is 24.9 Å². The number of nitrogens with zero attached hydrogens (tertiary/aromatic N) is 2. The van der Waals surface area contributed by atoms with Crippen LogP contribution < -0.4 is 9.62 Å². The fourth-order valence-corrected chi connectivity index (χ4v) is 5.88. The molecule has 0 saturated heterocycles. The Kier molecular flexibility index (Phi) is 9.58. The largest absolute Gasteiger partial charge is 0.352 e. The van der Waals surface area contributed by atoms with E-state index in [4.69, 9.17) is 0 Å². The number of rotatable bonds is 11. The Bertz CT molecular complexity index is 1390. The summed E-state index contributed by atoms with van der Waals surface area (Å²) in [6.07, 6.45) is 5.13. The van der Waals surface area contributed by atoms with Crippen molar-refractivity contribution in [2.75, 3.05) is 17.1 Å². The van der Waals surface area contributed by atoms with Gasteiger partial charge in [0.05, 0.1) is 11.9 Å². The van der Waals surface area contributed by atoms with E-state index in [1.54, 1.807) is 36.4 Å². The van der Waals surface area contributed by atoms with Crippen molar-refractivity contribution in [3.05, 3.63) is 101 Å². The zero-order chi connectivity index (χ0) is 28.7. The first-order chi connectivity index (χ1) is 19.1. The molecule has 7 nitrogen and oxygen atoms in total. The molecule has 1 N–H and O–H groups in total. The first kappa shape index (κ1) is 29.3. The summed E-state index contributed by atoms with van der Waals surface area (Å²) < 4.78 is 40.4. The fraction of sp³-hybridized carbons (Fsp3) is 0.355. The van der Waals surface area contributed by atoms with Gasteiger partial charge in [0.2, 0.25) is 21.8 Å². The van der Waals surface area contributed by atoms with E-state index in [0.29, 0.717) is 11.3 Å². The Balaban J connectivity index is 1.71. The molecule has 2 amide bonds. The van der Waals surface area contributed by atoms with Crippen LogP contribution in [-0.4, -0.2) is 50.0 Å². The molecule has 1 aliphatic rings. The van der Waals surface area contributed by atoms with Gasteiger partial charge in [0, 0.05) is 19.0 Å². The highest BCUT2D eigenvalue weighted by Gasteiger charge is 2.34. The number of halogens is 1. The van der Waals surface area contributed by atoms with Gasteiger partial charge in [-0.15, -0.1) is 0 Å². The van der Waals surface area contributed by atoms with Gasteiger partial charge < -0.3 is 10.2 Å². The lowest BCUT2D eigenvalue weighted by Crippen LogP contribution is -2.54. The van der Waals surface area contributed by atoms with E-state index in [0.717, 1.165) is 47.4 Å². The van der Waals surface area contributed by atoms with Crippen molar-refractivity contribution >= 4 is 27.5 Å². The molecule has 3 aromatic carbocycles. The van der Waals surface area contributed by atoms with E-state index < -0.39 is 34.3 Å². The molecule has 4 rings (SSSR count). The van der Waals surface area contributed by atoms with Gasteiger partial charge in [-0.1, -0.05) is 73.0 Å². The van der Waals surface area contributed by atoms with Crippen molar-refractivity contribution in [1.82, 2.24) is 10.2 Å². The molecule has 1 fully saturated rings. The number of anilines is 1. The molecule has 40 heavy (non-hydrogen) atoms. The minimum Gasteiger partial charge on any atom is -0.352 e. The van der Waals surface area contributed by atoms with E-state index in [9.17, 15) is 22.4 Å². The molecular formula is C31H36FN3O4S. The van der Waals surface area contributed by atoms with Gasteiger partial charge in [-0.25, -0.2) is 12.8 Å². The lowest BCUT2D eigenvalue weighted by atomic mass is 10.0. The van der Waals surface area contributed by atoms with Gasteiger partial charge in [-0.05, 0) is 55.2 Å². The van der Waals surface area contributed by atoms with Crippen LogP contribution in [0.2, 0.25) is 0 Å². The number of hydrogen-bond acceptors (Lipinski definition) is 4. The molecule has 1 aliphatic carbocycles. The Labute approximate surface area is 236 Å². The van der Waals surface area contributed by atoms with E-state index >= 15 is 0 Å². The van der Waals surface area contributed by atoms with Crippen molar-refractivity contribution in [1.29, 1.82) is 0 Å². The normalized spacial score (nSPS) is 14.5. The highest BCUT2D eigenvalue weighted by Crippen LogP contribution is 2.22. The SMILES string of the molecule is Cc1ccc(N(CC(=O)N(Cc2ccc(F)cc2)[C@@H](Cc2ccccc2)C(=O)NC2CCCC2)S(C)(=O)=O)cc1. The standard InChI is InChI=1S/C31H36FN3O4S/c1-23-12-18-28(19-13-23)35(40(2,38)39)22-30(36)34(21-25-14-16-26(32)17-15-25)29(20-24-8-4-3-5-9-24)31(37)33-27-10-6-7-11-27/h3-5,8-9,12-19,27,29H,6-7,10-11,20-22H2,1-2H3,(H,33,37)/t29-/m0/s1. The maximum absolute atomic E-state index is 14.1. The van der Waals surface area contributed by atoms with Crippen molar-refractivity contribution in [3.63, 3.8) is 0 Å². The second-order valence-corrected chi connectivity index (χ2v) is 12.4. The molecule has 0 spiro atoms. The molecule has 0 bridgehead atoms. The van der Waals surface area contributed by atoms with Gasteiger partial charge in [-0.3, -0.25) is 13.9 Å². The van der Waals surface area contributed by atoms with Crippen molar-refractivity contribution in [3.8, 4) is 0 Å². The number of benzene rings is 3. The van der Waals surface area contributed by atoms with Crippen molar-refractivity contribution in [2.45, 2.75) is 57.7 Å². The van der Waals surface area contributed by atoms with Gasteiger partial charge in [0.15, 0.2) is 0 Å². The van der Waals surface area contributed by atoms with Gasteiger partial charge in [-0.2, -0.15) is 0 Å². The molecule has 1 saturated carbocycles. The van der Waals surface area contributed by atoms with Crippen LogP contribution in [-0.2, 0) is 32.6 Å². The number of amides is 2. The number of aryl methyl sites for hydroxylation is 1. The molecule has 3 aromatic rings. The van der Waals surface area contributed by atoms with E-state index in [2.05, 4.69) is 5.32 Å². The first-order valence-corrected chi connectivity index (χ1v) is 15.4. The zero-order valence-corrected chi connectivity index (χ0v) is 23.7. The summed E-state index contributed by atoms with van der Waals surface area (Å²) in [6.45, 7) is 1.42. The average molecular weight is 566 g/mol. The molecule has 0 unspecified atom stereocenters. The Morgan fingerprint density at radius 3 is 2.15 bits per heavy atom. The molecule has 0 heterocycles. The molecule has 0 aromatic heterocycles. The molecule has 212 valence electrons. The summed E-state index contributed by atoms with van der Waals surface area (Å²) in [5.41, 5.74) is 2.80. The summed E-state index contributed by atoms with van der Waals surface area (Å²) in [5.74, 6) is -1.23. The van der Waals surface area contributed by atoms with Crippen LogP contribution in [0.25, 0.3) is 0 Å². The van der Waals surface area contributed by atoms with Crippen LogP contribution in [0, 0.1) is 12.7 Å². The highest BCUT2D eigenvalue weighted by molar-refractivity contribution is 7.92. The van der Waals surface area contributed by atoms with Crippen LogP contribution >= 0.6 is 0 Å². The lowest BCUT2D eigenvalue weighted by molar-refractivity contribution is -0.140. The third kappa shape index (κ3) is 7.91. The van der Waals surface area contributed by atoms with Crippen molar-refractivity contribution < 1.29 is 22.4 Å². The maximum atomic E-state index is 14.1. The Morgan fingerprint density at radius 2 is 1.55 bits per heavy atom. The topological polar surface area (TPSA) is 86.8 Å². The second-order valence-electron chi connectivity index (χ2n) is 10.4. The van der Waals surface area contributed by atoms with Crippen LogP contribution in [0.4, 0.5) is 10.1 Å². The molecule has 9 heteroatoms. The van der Waals surface area contributed by atoms with Crippen LogP contribution in [0.5, 0.6) is 0 Å². The van der Waals surface area contributed by atoms with E-state index in [1.165, 1.54) is 17.0 Å². The van der Waals surface area contributed by atoms with Gasteiger partial charge in [0.1, 0.15) is 18.4 Å². The molecule has 0 aliphatic heterocycles. The molecule has 0 radical (unpaired) electrons. The van der Waals surface area contributed by atoms with Crippen LogP contribution in [0.15, 0.2) is 78.9 Å². The predicted octanol–water partition coefficient (Wildman–Crippen LogP) is 4.60. The number of carbonyl (C=O) groups excluding carboxylic acids is 2. The minimum absolute atomic E-state index is 0.0141. The van der Waals surface area contributed by atoms with Crippen LogP contribution in [0.1, 0.15) is 42.4 Å². The van der Waals surface area contributed by atoms with Crippen molar-refractivity contribution in [2.24, 2.45) is 0 Å². The van der Waals surface area contributed by atoms with Gasteiger partial charge >= 0.3 is 0 Å². The summed E-state index contributed by atoms with van der Waals surface area (Å²) in [7, 11) is -3.83. The molecule has 1 atom stereocenters. The monoisotopic (exact) mass is 565 g/mol. The predicted molar refractivity (Wildman–Crippen MR) is 155 cm³/mol. The van der Waals surface area contributed by atoms with Crippen LogP contribution in [0.3, 0.4) is 0 Å². The lowest BCUT2D eigenvalue weighted by Gasteiger charge is -2.34. The van der Waals surface area contributed by atoms with E-state index in [1.807, 2.05) is 37.3 Å². The summed E-state index contributed by atoms with van der Waals surface area (Å²) in [6, 6.07) is 21.2. The summed E-state index contributed by atoms with van der Waals surface area (Å²) in [5, 5.41) is 3.13.